The Labute approximate surface area is 151 Å². The molecule has 132 valence electrons. The number of ether oxygens (including phenoxy) is 2. The van der Waals surface area contributed by atoms with Crippen molar-refractivity contribution < 1.29 is 9.47 Å². The molecule has 0 saturated carbocycles. The molecule has 0 atom stereocenters. The van der Waals surface area contributed by atoms with Gasteiger partial charge in [0.2, 0.25) is 6.79 Å². The third kappa shape index (κ3) is 3.32. The van der Waals surface area contributed by atoms with Gasteiger partial charge in [0.05, 0.1) is 0 Å². The molecule has 0 amide bonds. The van der Waals surface area contributed by atoms with Crippen molar-refractivity contribution in [3.05, 3.63) is 59.9 Å². The van der Waals surface area contributed by atoms with Gasteiger partial charge in [-0.3, -0.25) is 0 Å². The summed E-state index contributed by atoms with van der Waals surface area (Å²) < 4.78 is 10.7. The fourth-order valence-electron chi connectivity index (χ4n) is 2.65. The number of benzene rings is 2. The smallest absolute Gasteiger partial charge is 0.231 e. The summed E-state index contributed by atoms with van der Waals surface area (Å²) in [7, 11) is 0. The molecule has 0 saturated heterocycles. The van der Waals surface area contributed by atoms with E-state index in [1.165, 1.54) is 11.9 Å². The van der Waals surface area contributed by atoms with Crippen molar-refractivity contribution in [3.8, 4) is 11.5 Å². The van der Waals surface area contributed by atoms with Crippen LogP contribution in [0.5, 0.6) is 11.5 Å². The minimum absolute atomic E-state index is 0.263. The molecule has 4 N–H and O–H groups in total. The van der Waals surface area contributed by atoms with E-state index in [0.717, 1.165) is 22.7 Å². The molecule has 1 aliphatic heterocycles. The highest BCUT2D eigenvalue weighted by molar-refractivity contribution is 5.77. The molecule has 0 aliphatic carbocycles. The molecule has 7 nitrogen and oxygen atoms in total. The van der Waals surface area contributed by atoms with Crippen LogP contribution in [-0.2, 0) is 6.54 Å². The summed E-state index contributed by atoms with van der Waals surface area (Å²) in [5.74, 6) is 2.66. The lowest BCUT2D eigenvalue weighted by molar-refractivity contribution is 0.174. The van der Waals surface area contributed by atoms with E-state index in [-0.39, 0.29) is 6.79 Å². The molecule has 1 aliphatic rings. The number of aryl methyl sites for hydroxylation is 1. The standard InChI is InChI=1S/C19H19N5O2/c1-12-2-5-14(6-3-12)24-19-17(20)18(22-10-23-19)21-9-13-4-7-15-16(8-13)26-11-25-15/h2-8,10H,9,11,20H2,1H3,(H2,21,22,23,24). The van der Waals surface area contributed by atoms with Crippen molar-refractivity contribution in [1.82, 2.24) is 9.97 Å². The minimum Gasteiger partial charge on any atom is -0.454 e. The highest BCUT2D eigenvalue weighted by Gasteiger charge is 2.14. The van der Waals surface area contributed by atoms with E-state index in [1.807, 2.05) is 49.4 Å². The second kappa shape index (κ2) is 6.79. The first kappa shape index (κ1) is 16.0. The molecule has 0 fully saturated rings. The molecule has 7 heteroatoms. The van der Waals surface area contributed by atoms with E-state index in [4.69, 9.17) is 15.2 Å². The van der Waals surface area contributed by atoms with Gasteiger partial charge >= 0.3 is 0 Å². The maximum atomic E-state index is 6.22. The first-order valence-electron chi connectivity index (χ1n) is 8.25. The number of fused-ring (bicyclic) bond motifs is 1. The van der Waals surface area contributed by atoms with Gasteiger partial charge in [-0.15, -0.1) is 0 Å². The van der Waals surface area contributed by atoms with Crippen LogP contribution in [0, 0.1) is 6.92 Å². The van der Waals surface area contributed by atoms with Crippen LogP contribution >= 0.6 is 0 Å². The lowest BCUT2D eigenvalue weighted by Crippen LogP contribution is -2.08. The van der Waals surface area contributed by atoms with Gasteiger partial charge in [-0.1, -0.05) is 23.8 Å². The maximum absolute atomic E-state index is 6.22. The van der Waals surface area contributed by atoms with Crippen molar-refractivity contribution >= 4 is 23.0 Å². The molecule has 0 bridgehead atoms. The number of nitrogen functional groups attached to an aromatic ring is 1. The first-order chi connectivity index (χ1) is 12.7. The fraction of sp³-hybridized carbons (Fsp3) is 0.158. The van der Waals surface area contributed by atoms with Crippen LogP contribution in [0.1, 0.15) is 11.1 Å². The first-order valence-corrected chi connectivity index (χ1v) is 8.25. The third-order valence-corrected chi connectivity index (χ3v) is 4.10. The Morgan fingerprint density at radius 2 is 1.77 bits per heavy atom. The monoisotopic (exact) mass is 349 g/mol. The second-order valence-corrected chi connectivity index (χ2v) is 6.02. The largest absolute Gasteiger partial charge is 0.454 e. The van der Waals surface area contributed by atoms with Gasteiger partial charge < -0.3 is 25.8 Å². The number of hydrogen-bond donors (Lipinski definition) is 3. The Balaban J connectivity index is 1.47. The van der Waals surface area contributed by atoms with Gasteiger partial charge in [0, 0.05) is 12.2 Å². The average Bonchev–Trinajstić information content (AvgIpc) is 3.12. The van der Waals surface area contributed by atoms with Gasteiger partial charge in [-0.25, -0.2) is 9.97 Å². The van der Waals surface area contributed by atoms with Crippen LogP contribution in [0.2, 0.25) is 0 Å². The molecular formula is C19H19N5O2. The zero-order valence-electron chi connectivity index (χ0n) is 14.3. The predicted octanol–water partition coefficient (Wildman–Crippen LogP) is 3.45. The molecule has 2 aromatic carbocycles. The van der Waals surface area contributed by atoms with Crippen molar-refractivity contribution in [2.24, 2.45) is 0 Å². The Morgan fingerprint density at radius 1 is 1.00 bits per heavy atom. The zero-order valence-corrected chi connectivity index (χ0v) is 14.3. The maximum Gasteiger partial charge on any atom is 0.231 e. The quantitative estimate of drug-likeness (QED) is 0.649. The topological polar surface area (TPSA) is 94.3 Å². The SMILES string of the molecule is Cc1ccc(Nc2ncnc(NCc3ccc4c(c3)OCO4)c2N)cc1. The van der Waals surface area contributed by atoms with Crippen LogP contribution < -0.4 is 25.8 Å². The average molecular weight is 349 g/mol. The highest BCUT2D eigenvalue weighted by atomic mass is 16.7. The predicted molar refractivity (Wildman–Crippen MR) is 101 cm³/mol. The summed E-state index contributed by atoms with van der Waals surface area (Å²) in [6.07, 6.45) is 1.48. The molecule has 4 rings (SSSR count). The number of anilines is 4. The molecule has 3 aromatic rings. The van der Waals surface area contributed by atoms with Crippen molar-refractivity contribution in [2.45, 2.75) is 13.5 Å². The molecule has 26 heavy (non-hydrogen) atoms. The third-order valence-electron chi connectivity index (χ3n) is 4.10. The molecular weight excluding hydrogens is 330 g/mol. The van der Waals surface area contributed by atoms with Crippen molar-refractivity contribution in [2.75, 3.05) is 23.2 Å². The molecule has 0 radical (unpaired) electrons. The minimum atomic E-state index is 0.263. The van der Waals surface area contributed by atoms with Crippen LogP contribution in [0.25, 0.3) is 0 Å². The van der Waals surface area contributed by atoms with Crippen LogP contribution in [0.3, 0.4) is 0 Å². The summed E-state index contributed by atoms with van der Waals surface area (Å²) in [5, 5.41) is 6.46. The second-order valence-electron chi connectivity index (χ2n) is 6.02. The van der Waals surface area contributed by atoms with E-state index < -0.39 is 0 Å². The van der Waals surface area contributed by atoms with E-state index in [0.29, 0.717) is 23.9 Å². The number of nitrogens with two attached hydrogens (primary N) is 1. The highest BCUT2D eigenvalue weighted by Crippen LogP contribution is 2.33. The van der Waals surface area contributed by atoms with Gasteiger partial charge in [0.25, 0.3) is 0 Å². The zero-order chi connectivity index (χ0) is 17.9. The summed E-state index contributed by atoms with van der Waals surface area (Å²) in [4.78, 5) is 8.47. The Kier molecular flexibility index (Phi) is 4.18. The number of nitrogens with zero attached hydrogens (tertiary/aromatic N) is 2. The van der Waals surface area contributed by atoms with E-state index in [1.54, 1.807) is 0 Å². The number of nitrogens with one attached hydrogen (secondary N) is 2. The van der Waals surface area contributed by atoms with Gasteiger partial charge in [-0.05, 0) is 36.8 Å². The Morgan fingerprint density at radius 3 is 2.62 bits per heavy atom. The summed E-state index contributed by atoms with van der Waals surface area (Å²) >= 11 is 0. The van der Waals surface area contributed by atoms with E-state index in [9.17, 15) is 0 Å². The van der Waals surface area contributed by atoms with Crippen molar-refractivity contribution in [1.29, 1.82) is 0 Å². The lowest BCUT2D eigenvalue weighted by Gasteiger charge is -2.13. The number of aromatic nitrogens is 2. The summed E-state index contributed by atoms with van der Waals surface area (Å²) in [5.41, 5.74) is 9.84. The molecule has 2 heterocycles. The Hall–Kier alpha value is -3.48. The fourth-order valence-corrected chi connectivity index (χ4v) is 2.65. The molecule has 1 aromatic heterocycles. The van der Waals surface area contributed by atoms with Crippen LogP contribution in [0.15, 0.2) is 48.8 Å². The number of hydrogen-bond acceptors (Lipinski definition) is 7. The summed E-state index contributed by atoms with van der Waals surface area (Å²) in [6.45, 7) is 2.86. The van der Waals surface area contributed by atoms with Gasteiger partial charge in [-0.2, -0.15) is 0 Å². The van der Waals surface area contributed by atoms with Crippen molar-refractivity contribution in [3.63, 3.8) is 0 Å². The summed E-state index contributed by atoms with van der Waals surface area (Å²) in [6, 6.07) is 13.8. The van der Waals surface area contributed by atoms with E-state index in [2.05, 4.69) is 20.6 Å². The molecule has 0 unspecified atom stereocenters. The Bertz CT molecular complexity index is 928. The lowest BCUT2D eigenvalue weighted by atomic mass is 10.2. The normalized spacial score (nSPS) is 12.0. The van der Waals surface area contributed by atoms with Crippen LogP contribution in [-0.4, -0.2) is 16.8 Å². The molecule has 0 spiro atoms. The van der Waals surface area contributed by atoms with Gasteiger partial charge in [0.1, 0.15) is 12.0 Å². The number of rotatable bonds is 5. The van der Waals surface area contributed by atoms with Crippen LogP contribution in [0.4, 0.5) is 23.0 Å². The van der Waals surface area contributed by atoms with Gasteiger partial charge in [0.15, 0.2) is 23.1 Å². The van der Waals surface area contributed by atoms with E-state index >= 15 is 0 Å².